The van der Waals surface area contributed by atoms with E-state index < -0.39 is 0 Å². The number of amides is 1. The summed E-state index contributed by atoms with van der Waals surface area (Å²) in [6, 6.07) is 0. The van der Waals surface area contributed by atoms with E-state index in [1.165, 1.54) is 44.9 Å². The van der Waals surface area contributed by atoms with Gasteiger partial charge in [-0.15, -0.1) is 0 Å². The van der Waals surface area contributed by atoms with E-state index in [1.54, 1.807) is 0 Å². The van der Waals surface area contributed by atoms with Crippen LogP contribution in [-0.4, -0.2) is 37.0 Å². The Kier molecular flexibility index (Phi) is 4.42. The summed E-state index contributed by atoms with van der Waals surface area (Å²) in [4.78, 5) is 14.6. The van der Waals surface area contributed by atoms with Gasteiger partial charge in [-0.3, -0.25) is 4.79 Å². The molecule has 0 spiro atoms. The number of nitrogens with one attached hydrogen (secondary N) is 1. The quantitative estimate of drug-likeness (QED) is 0.830. The zero-order chi connectivity index (χ0) is 13.1. The number of likely N-dealkylation sites (tertiary alicyclic amines) is 1. The molecule has 108 valence electrons. The maximum absolute atomic E-state index is 12.4. The van der Waals surface area contributed by atoms with Crippen LogP contribution in [0.2, 0.25) is 0 Å². The second-order valence-corrected chi connectivity index (χ2v) is 6.85. The Morgan fingerprint density at radius 1 is 1.05 bits per heavy atom. The zero-order valence-corrected chi connectivity index (χ0v) is 12.1. The first kappa shape index (κ1) is 13.4. The Hall–Kier alpha value is -0.570. The van der Waals surface area contributed by atoms with Gasteiger partial charge in [-0.05, 0) is 56.5 Å². The maximum atomic E-state index is 12.4. The van der Waals surface area contributed by atoms with Crippen molar-refractivity contribution < 1.29 is 4.79 Å². The summed E-state index contributed by atoms with van der Waals surface area (Å²) in [5.41, 5.74) is 0. The van der Waals surface area contributed by atoms with E-state index in [9.17, 15) is 4.79 Å². The third-order valence-electron chi connectivity index (χ3n) is 5.51. The molecule has 2 aliphatic heterocycles. The van der Waals surface area contributed by atoms with Crippen molar-refractivity contribution in [2.24, 2.45) is 17.8 Å². The monoisotopic (exact) mass is 264 g/mol. The van der Waals surface area contributed by atoms with Crippen LogP contribution in [0.3, 0.4) is 0 Å². The molecule has 3 rings (SSSR count). The number of nitrogens with zero attached hydrogens (tertiary/aromatic N) is 1. The summed E-state index contributed by atoms with van der Waals surface area (Å²) in [6.07, 6.45) is 10.1. The number of hydrogen-bond donors (Lipinski definition) is 1. The fourth-order valence-electron chi connectivity index (χ4n) is 4.30. The van der Waals surface area contributed by atoms with Gasteiger partial charge in [-0.25, -0.2) is 0 Å². The average molecular weight is 264 g/mol. The van der Waals surface area contributed by atoms with Gasteiger partial charge in [-0.1, -0.05) is 19.3 Å². The lowest BCUT2D eigenvalue weighted by molar-refractivity contribution is -0.135. The molecule has 1 saturated carbocycles. The zero-order valence-electron chi connectivity index (χ0n) is 12.1. The van der Waals surface area contributed by atoms with Crippen LogP contribution in [-0.2, 0) is 4.79 Å². The van der Waals surface area contributed by atoms with Gasteiger partial charge in [0, 0.05) is 19.5 Å². The van der Waals surface area contributed by atoms with E-state index in [-0.39, 0.29) is 0 Å². The van der Waals surface area contributed by atoms with Gasteiger partial charge >= 0.3 is 0 Å². The van der Waals surface area contributed by atoms with Crippen LogP contribution in [0.15, 0.2) is 0 Å². The summed E-state index contributed by atoms with van der Waals surface area (Å²) in [5.74, 6) is 2.76. The van der Waals surface area contributed by atoms with E-state index in [0.717, 1.165) is 44.4 Å². The topological polar surface area (TPSA) is 32.3 Å². The first-order valence-corrected chi connectivity index (χ1v) is 8.31. The molecule has 0 aromatic rings. The molecule has 2 heterocycles. The van der Waals surface area contributed by atoms with Gasteiger partial charge in [0.2, 0.25) is 5.91 Å². The highest BCUT2D eigenvalue weighted by molar-refractivity contribution is 5.76. The molecule has 3 atom stereocenters. The van der Waals surface area contributed by atoms with Crippen molar-refractivity contribution in [3.8, 4) is 0 Å². The molecule has 0 aromatic carbocycles. The minimum Gasteiger partial charge on any atom is -0.342 e. The van der Waals surface area contributed by atoms with Crippen LogP contribution in [0.4, 0.5) is 0 Å². The third-order valence-corrected chi connectivity index (χ3v) is 5.51. The molecule has 1 N–H and O–H groups in total. The van der Waals surface area contributed by atoms with Crippen molar-refractivity contribution in [2.75, 3.05) is 26.2 Å². The lowest BCUT2D eigenvalue weighted by atomic mass is 9.75. The van der Waals surface area contributed by atoms with Crippen LogP contribution in [0, 0.1) is 17.8 Å². The lowest BCUT2D eigenvalue weighted by Gasteiger charge is -2.41. The van der Waals surface area contributed by atoms with Crippen molar-refractivity contribution in [2.45, 2.75) is 51.4 Å². The second kappa shape index (κ2) is 6.25. The third kappa shape index (κ3) is 3.31. The van der Waals surface area contributed by atoms with Crippen molar-refractivity contribution in [1.29, 1.82) is 0 Å². The Bertz CT molecular complexity index is 312. The van der Waals surface area contributed by atoms with Crippen LogP contribution in [0.25, 0.3) is 0 Å². The minimum absolute atomic E-state index is 0.428. The van der Waals surface area contributed by atoms with E-state index >= 15 is 0 Å². The van der Waals surface area contributed by atoms with Crippen LogP contribution < -0.4 is 5.32 Å². The van der Waals surface area contributed by atoms with Crippen molar-refractivity contribution in [3.05, 3.63) is 0 Å². The standard InChI is InChI=1S/C16H28N2O/c19-16(10-13-4-3-8-17-11-13)18-9-7-14-5-1-2-6-15(14)12-18/h13-15,17H,1-12H2. The molecule has 2 saturated heterocycles. The van der Waals surface area contributed by atoms with Crippen molar-refractivity contribution >= 4 is 5.91 Å². The number of hydrogen-bond acceptors (Lipinski definition) is 2. The highest BCUT2D eigenvalue weighted by Crippen LogP contribution is 2.36. The molecule has 1 aliphatic carbocycles. The highest BCUT2D eigenvalue weighted by Gasteiger charge is 2.33. The number of carbonyl (C=O) groups is 1. The van der Waals surface area contributed by atoms with Gasteiger partial charge in [0.15, 0.2) is 0 Å². The molecule has 3 nitrogen and oxygen atoms in total. The fourth-order valence-corrected chi connectivity index (χ4v) is 4.30. The lowest BCUT2D eigenvalue weighted by Crippen LogP contribution is -2.45. The maximum Gasteiger partial charge on any atom is 0.222 e. The molecule has 3 heteroatoms. The smallest absolute Gasteiger partial charge is 0.222 e. The van der Waals surface area contributed by atoms with Gasteiger partial charge in [0.1, 0.15) is 0 Å². The van der Waals surface area contributed by atoms with Crippen LogP contribution >= 0.6 is 0 Å². The first-order valence-electron chi connectivity index (χ1n) is 8.31. The molecule has 19 heavy (non-hydrogen) atoms. The van der Waals surface area contributed by atoms with E-state index in [4.69, 9.17) is 0 Å². The normalized spacial score (nSPS) is 35.8. The molecular formula is C16H28N2O. The highest BCUT2D eigenvalue weighted by atomic mass is 16.2. The number of piperidine rings is 2. The number of rotatable bonds is 2. The van der Waals surface area contributed by atoms with E-state index in [0.29, 0.717) is 11.8 Å². The Morgan fingerprint density at radius 3 is 2.68 bits per heavy atom. The predicted molar refractivity (Wildman–Crippen MR) is 76.9 cm³/mol. The molecule has 0 bridgehead atoms. The van der Waals surface area contributed by atoms with Crippen LogP contribution in [0.1, 0.15) is 51.4 Å². The summed E-state index contributed by atoms with van der Waals surface area (Å²) in [7, 11) is 0. The number of fused-ring (bicyclic) bond motifs is 1. The van der Waals surface area contributed by atoms with Crippen LogP contribution in [0.5, 0.6) is 0 Å². The number of carbonyl (C=O) groups excluding carboxylic acids is 1. The molecule has 3 unspecified atom stereocenters. The fraction of sp³-hybridized carbons (Fsp3) is 0.938. The summed E-state index contributed by atoms with van der Waals surface area (Å²) >= 11 is 0. The average Bonchev–Trinajstić information content (AvgIpc) is 2.48. The summed E-state index contributed by atoms with van der Waals surface area (Å²) in [5, 5.41) is 3.42. The van der Waals surface area contributed by atoms with Gasteiger partial charge < -0.3 is 10.2 Å². The second-order valence-electron chi connectivity index (χ2n) is 6.85. The molecule has 0 radical (unpaired) electrons. The molecular weight excluding hydrogens is 236 g/mol. The van der Waals surface area contributed by atoms with E-state index in [2.05, 4.69) is 10.2 Å². The molecule has 1 amide bonds. The van der Waals surface area contributed by atoms with Crippen molar-refractivity contribution in [1.82, 2.24) is 10.2 Å². The van der Waals surface area contributed by atoms with Crippen molar-refractivity contribution in [3.63, 3.8) is 0 Å². The molecule has 3 aliphatic rings. The van der Waals surface area contributed by atoms with Gasteiger partial charge in [0.05, 0.1) is 0 Å². The summed E-state index contributed by atoms with van der Waals surface area (Å²) < 4.78 is 0. The largest absolute Gasteiger partial charge is 0.342 e. The summed E-state index contributed by atoms with van der Waals surface area (Å²) in [6.45, 7) is 4.27. The SMILES string of the molecule is O=C(CC1CCCNC1)N1CCC2CCCCC2C1. The Balaban J connectivity index is 1.49. The molecule has 3 fully saturated rings. The van der Waals surface area contributed by atoms with Gasteiger partial charge in [0.25, 0.3) is 0 Å². The predicted octanol–water partition coefficient (Wildman–Crippen LogP) is 2.41. The Labute approximate surface area is 117 Å². The molecule has 0 aromatic heterocycles. The first-order chi connectivity index (χ1) is 9.33. The van der Waals surface area contributed by atoms with Gasteiger partial charge in [-0.2, -0.15) is 0 Å². The Morgan fingerprint density at radius 2 is 1.89 bits per heavy atom. The van der Waals surface area contributed by atoms with E-state index in [1.807, 2.05) is 0 Å². The minimum atomic E-state index is 0.428.